The smallest absolute Gasteiger partial charge is 0.312 e. The maximum absolute atomic E-state index is 10.5. The van der Waals surface area contributed by atoms with Crippen molar-refractivity contribution in [1.82, 2.24) is 0 Å². The standard InChI is InChI=1S/C12H13NO4/c1-16-9-4-2-3-8(5-9)10-7-17-11(13-10)6-12(14)15/h2-5,10H,6-7H2,1H3,(H,14,15). The van der Waals surface area contributed by atoms with Gasteiger partial charge in [-0.05, 0) is 17.7 Å². The van der Waals surface area contributed by atoms with E-state index in [4.69, 9.17) is 14.6 Å². The van der Waals surface area contributed by atoms with E-state index in [9.17, 15) is 4.79 Å². The summed E-state index contributed by atoms with van der Waals surface area (Å²) in [6.45, 7) is 0.385. The Bertz CT molecular complexity index is 456. The predicted octanol–water partition coefficient (Wildman–Crippen LogP) is 1.64. The normalized spacial score (nSPS) is 18.4. The van der Waals surface area contributed by atoms with Gasteiger partial charge in [0.25, 0.3) is 0 Å². The first-order chi connectivity index (χ1) is 8.19. The minimum absolute atomic E-state index is 0.139. The van der Waals surface area contributed by atoms with Gasteiger partial charge >= 0.3 is 5.97 Å². The van der Waals surface area contributed by atoms with E-state index in [1.165, 1.54) is 0 Å². The molecule has 5 nitrogen and oxygen atoms in total. The lowest BCUT2D eigenvalue weighted by atomic mass is 10.1. The van der Waals surface area contributed by atoms with Crippen LogP contribution in [0.1, 0.15) is 18.0 Å². The summed E-state index contributed by atoms with van der Waals surface area (Å²) in [6.07, 6.45) is -0.166. The van der Waals surface area contributed by atoms with Crippen LogP contribution in [-0.4, -0.2) is 30.7 Å². The first kappa shape index (κ1) is 11.4. The maximum atomic E-state index is 10.5. The molecule has 0 spiro atoms. The van der Waals surface area contributed by atoms with Gasteiger partial charge in [-0.15, -0.1) is 0 Å². The molecule has 1 aromatic carbocycles. The number of methoxy groups -OCH3 is 1. The van der Waals surface area contributed by atoms with Gasteiger partial charge in [0.15, 0.2) is 5.90 Å². The molecule has 1 atom stereocenters. The van der Waals surface area contributed by atoms with E-state index in [1.54, 1.807) is 7.11 Å². The molecule has 1 aliphatic heterocycles. The summed E-state index contributed by atoms with van der Waals surface area (Å²) in [6, 6.07) is 7.38. The van der Waals surface area contributed by atoms with Crippen LogP contribution in [0.3, 0.4) is 0 Å². The molecule has 17 heavy (non-hydrogen) atoms. The van der Waals surface area contributed by atoms with Crippen molar-refractivity contribution in [3.8, 4) is 5.75 Å². The van der Waals surface area contributed by atoms with E-state index in [0.29, 0.717) is 6.61 Å². The Labute approximate surface area is 98.7 Å². The monoisotopic (exact) mass is 235 g/mol. The fourth-order valence-electron chi connectivity index (χ4n) is 1.67. The molecule has 1 N–H and O–H groups in total. The fourth-order valence-corrected chi connectivity index (χ4v) is 1.67. The van der Waals surface area contributed by atoms with E-state index in [1.807, 2.05) is 24.3 Å². The summed E-state index contributed by atoms with van der Waals surface area (Å²) in [7, 11) is 1.60. The number of carbonyl (C=O) groups is 1. The molecule has 0 fully saturated rings. The number of aliphatic imine (C=N–C) groups is 1. The zero-order chi connectivity index (χ0) is 12.3. The highest BCUT2D eigenvalue weighted by molar-refractivity contribution is 5.94. The van der Waals surface area contributed by atoms with Gasteiger partial charge in [0.05, 0.1) is 7.11 Å². The maximum Gasteiger partial charge on any atom is 0.312 e. The number of carboxylic acid groups (broad SMARTS) is 1. The molecule has 0 radical (unpaired) electrons. The minimum Gasteiger partial charge on any atom is -0.497 e. The van der Waals surface area contributed by atoms with E-state index in [0.717, 1.165) is 11.3 Å². The van der Waals surface area contributed by atoms with Crippen LogP contribution < -0.4 is 4.74 Å². The molecule has 0 amide bonds. The van der Waals surface area contributed by atoms with Gasteiger partial charge in [-0.3, -0.25) is 4.79 Å². The van der Waals surface area contributed by atoms with Crippen molar-refractivity contribution in [1.29, 1.82) is 0 Å². The van der Waals surface area contributed by atoms with Gasteiger partial charge in [-0.1, -0.05) is 12.1 Å². The Morgan fingerprint density at radius 1 is 1.65 bits per heavy atom. The number of hydrogen-bond acceptors (Lipinski definition) is 4. The third-order valence-electron chi connectivity index (χ3n) is 2.49. The molecule has 1 aromatic rings. The quantitative estimate of drug-likeness (QED) is 0.861. The average Bonchev–Trinajstić information content (AvgIpc) is 2.77. The Balaban J connectivity index is 2.13. The summed E-state index contributed by atoms with van der Waals surface area (Å²) in [5.74, 6) is 0.102. The molecule has 2 rings (SSSR count). The number of benzene rings is 1. The van der Waals surface area contributed by atoms with Crippen molar-refractivity contribution in [2.45, 2.75) is 12.5 Å². The fraction of sp³-hybridized carbons (Fsp3) is 0.333. The van der Waals surface area contributed by atoms with E-state index in [-0.39, 0.29) is 18.4 Å². The summed E-state index contributed by atoms with van der Waals surface area (Å²) in [5, 5.41) is 8.63. The van der Waals surface area contributed by atoms with Gasteiger partial charge in [-0.25, -0.2) is 4.99 Å². The average molecular weight is 235 g/mol. The zero-order valence-corrected chi connectivity index (χ0v) is 9.42. The molecule has 90 valence electrons. The Morgan fingerprint density at radius 2 is 2.47 bits per heavy atom. The Morgan fingerprint density at radius 3 is 3.18 bits per heavy atom. The lowest BCUT2D eigenvalue weighted by Crippen LogP contribution is -2.06. The van der Waals surface area contributed by atoms with Crippen LogP contribution in [0.2, 0.25) is 0 Å². The van der Waals surface area contributed by atoms with E-state index < -0.39 is 5.97 Å². The van der Waals surface area contributed by atoms with Gasteiger partial charge in [0.1, 0.15) is 24.8 Å². The molecule has 1 unspecified atom stereocenters. The number of nitrogens with zero attached hydrogens (tertiary/aromatic N) is 1. The second-order valence-corrected chi connectivity index (χ2v) is 3.70. The van der Waals surface area contributed by atoms with Crippen molar-refractivity contribution >= 4 is 11.9 Å². The first-order valence-corrected chi connectivity index (χ1v) is 5.24. The minimum atomic E-state index is -0.935. The van der Waals surface area contributed by atoms with Crippen LogP contribution in [0, 0.1) is 0 Å². The van der Waals surface area contributed by atoms with Crippen molar-refractivity contribution in [2.24, 2.45) is 4.99 Å². The number of rotatable bonds is 4. The largest absolute Gasteiger partial charge is 0.497 e. The van der Waals surface area contributed by atoms with Gasteiger partial charge in [0.2, 0.25) is 0 Å². The number of aliphatic carboxylic acids is 1. The lowest BCUT2D eigenvalue weighted by molar-refractivity contribution is -0.135. The van der Waals surface area contributed by atoms with Crippen molar-refractivity contribution in [3.05, 3.63) is 29.8 Å². The number of carboxylic acids is 1. The van der Waals surface area contributed by atoms with Gasteiger partial charge < -0.3 is 14.6 Å². The molecule has 0 saturated heterocycles. The molecule has 0 bridgehead atoms. The summed E-state index contributed by atoms with van der Waals surface area (Å²) in [4.78, 5) is 14.7. The summed E-state index contributed by atoms with van der Waals surface area (Å²) < 4.78 is 10.4. The van der Waals surface area contributed by atoms with Crippen LogP contribution >= 0.6 is 0 Å². The Kier molecular flexibility index (Phi) is 3.27. The SMILES string of the molecule is COc1cccc(C2COC(CC(=O)O)=N2)c1. The molecule has 1 aliphatic rings. The third-order valence-corrected chi connectivity index (χ3v) is 2.49. The van der Waals surface area contributed by atoms with Crippen LogP contribution in [-0.2, 0) is 9.53 Å². The number of hydrogen-bond donors (Lipinski definition) is 1. The predicted molar refractivity (Wildman–Crippen MR) is 61.4 cm³/mol. The highest BCUT2D eigenvalue weighted by Gasteiger charge is 2.22. The molecule has 0 aromatic heterocycles. The highest BCUT2D eigenvalue weighted by Crippen LogP contribution is 2.26. The number of ether oxygens (including phenoxy) is 2. The topological polar surface area (TPSA) is 68.1 Å². The second-order valence-electron chi connectivity index (χ2n) is 3.70. The molecule has 5 heteroatoms. The van der Waals surface area contributed by atoms with E-state index in [2.05, 4.69) is 4.99 Å². The molecular formula is C12H13NO4. The molecule has 0 saturated carbocycles. The van der Waals surface area contributed by atoms with Crippen LogP contribution in [0.25, 0.3) is 0 Å². The van der Waals surface area contributed by atoms with Crippen molar-refractivity contribution in [2.75, 3.05) is 13.7 Å². The third kappa shape index (κ3) is 2.75. The second kappa shape index (κ2) is 4.86. The van der Waals surface area contributed by atoms with Crippen molar-refractivity contribution < 1.29 is 19.4 Å². The summed E-state index contributed by atoms with van der Waals surface area (Å²) >= 11 is 0. The molecule has 1 heterocycles. The zero-order valence-electron chi connectivity index (χ0n) is 9.42. The van der Waals surface area contributed by atoms with Crippen LogP contribution in [0.5, 0.6) is 5.75 Å². The highest BCUT2D eigenvalue weighted by atomic mass is 16.5. The van der Waals surface area contributed by atoms with Gasteiger partial charge in [0, 0.05) is 0 Å². The summed E-state index contributed by atoms with van der Waals surface area (Å²) in [5.41, 5.74) is 0.963. The van der Waals surface area contributed by atoms with Crippen LogP contribution in [0.4, 0.5) is 0 Å². The lowest BCUT2D eigenvalue weighted by Gasteiger charge is -2.07. The van der Waals surface area contributed by atoms with Crippen LogP contribution in [0.15, 0.2) is 29.3 Å². The first-order valence-electron chi connectivity index (χ1n) is 5.24. The van der Waals surface area contributed by atoms with E-state index >= 15 is 0 Å². The molecule has 0 aliphatic carbocycles. The van der Waals surface area contributed by atoms with Crippen molar-refractivity contribution in [3.63, 3.8) is 0 Å². The molecular weight excluding hydrogens is 222 g/mol. The Hall–Kier alpha value is -2.04. The van der Waals surface area contributed by atoms with Gasteiger partial charge in [-0.2, -0.15) is 0 Å².